The summed E-state index contributed by atoms with van der Waals surface area (Å²) in [5.74, 6) is 1.33. The SMILES string of the molecule is COc1cc2n[nH]c(C3CCCCC3)c2nc1-c1cccc(C)c1C. The van der Waals surface area contributed by atoms with Crippen molar-refractivity contribution in [2.75, 3.05) is 7.11 Å². The molecule has 0 saturated heterocycles. The maximum Gasteiger partial charge on any atom is 0.147 e. The lowest BCUT2D eigenvalue weighted by Gasteiger charge is -2.20. The number of aryl methyl sites for hydroxylation is 1. The second kappa shape index (κ2) is 6.51. The first-order valence-electron chi connectivity index (χ1n) is 9.18. The van der Waals surface area contributed by atoms with Gasteiger partial charge in [0.05, 0.1) is 12.8 Å². The van der Waals surface area contributed by atoms with Crippen molar-refractivity contribution in [3.8, 4) is 17.0 Å². The molecule has 1 aromatic carbocycles. The normalized spacial score (nSPS) is 15.6. The van der Waals surface area contributed by atoms with Crippen LogP contribution in [0.25, 0.3) is 22.3 Å². The molecule has 2 aromatic heterocycles. The number of methoxy groups -OCH3 is 1. The first kappa shape index (κ1) is 16.1. The number of aromatic amines is 1. The van der Waals surface area contributed by atoms with Crippen molar-refractivity contribution in [3.63, 3.8) is 0 Å². The van der Waals surface area contributed by atoms with E-state index in [4.69, 9.17) is 9.72 Å². The average molecular weight is 335 g/mol. The van der Waals surface area contributed by atoms with Gasteiger partial charge in [-0.2, -0.15) is 5.10 Å². The molecule has 2 heterocycles. The molecule has 4 heteroatoms. The van der Waals surface area contributed by atoms with Crippen molar-refractivity contribution in [3.05, 3.63) is 41.1 Å². The zero-order valence-electron chi connectivity index (χ0n) is 15.2. The smallest absolute Gasteiger partial charge is 0.147 e. The first-order valence-corrected chi connectivity index (χ1v) is 9.18. The third kappa shape index (κ3) is 2.80. The van der Waals surface area contributed by atoms with Gasteiger partial charge in [-0.3, -0.25) is 5.10 Å². The Kier molecular flexibility index (Phi) is 4.20. The van der Waals surface area contributed by atoms with Crippen LogP contribution < -0.4 is 4.74 Å². The van der Waals surface area contributed by atoms with E-state index < -0.39 is 0 Å². The fourth-order valence-corrected chi connectivity index (χ4v) is 3.97. The summed E-state index contributed by atoms with van der Waals surface area (Å²) in [5.41, 5.74) is 7.65. The quantitative estimate of drug-likeness (QED) is 0.707. The molecular formula is C21H25N3O. The Morgan fingerprint density at radius 1 is 1.12 bits per heavy atom. The van der Waals surface area contributed by atoms with Gasteiger partial charge in [-0.05, 0) is 37.8 Å². The number of nitrogens with zero attached hydrogens (tertiary/aromatic N) is 2. The highest BCUT2D eigenvalue weighted by molar-refractivity contribution is 5.85. The molecule has 0 unspecified atom stereocenters. The molecule has 25 heavy (non-hydrogen) atoms. The molecule has 1 fully saturated rings. The number of hydrogen-bond acceptors (Lipinski definition) is 3. The number of benzene rings is 1. The highest BCUT2D eigenvalue weighted by Crippen LogP contribution is 2.38. The Hall–Kier alpha value is -2.36. The number of aromatic nitrogens is 3. The Morgan fingerprint density at radius 3 is 2.68 bits per heavy atom. The second-order valence-electron chi connectivity index (χ2n) is 7.13. The molecule has 1 aliphatic carbocycles. The minimum absolute atomic E-state index is 0.547. The van der Waals surface area contributed by atoms with Gasteiger partial charge in [0.2, 0.25) is 0 Å². The summed E-state index contributed by atoms with van der Waals surface area (Å²) in [6.45, 7) is 4.28. The number of hydrogen-bond donors (Lipinski definition) is 1. The highest BCUT2D eigenvalue weighted by atomic mass is 16.5. The van der Waals surface area contributed by atoms with Gasteiger partial charge >= 0.3 is 0 Å². The van der Waals surface area contributed by atoms with Gasteiger partial charge in [0.15, 0.2) is 0 Å². The van der Waals surface area contributed by atoms with Crippen molar-refractivity contribution in [2.45, 2.75) is 51.9 Å². The van der Waals surface area contributed by atoms with E-state index in [1.165, 1.54) is 48.9 Å². The third-order valence-corrected chi connectivity index (χ3v) is 5.61. The van der Waals surface area contributed by atoms with Crippen LogP contribution in [0.5, 0.6) is 5.75 Å². The van der Waals surface area contributed by atoms with Crippen LogP contribution in [0.1, 0.15) is 54.8 Å². The number of fused-ring (bicyclic) bond motifs is 1. The fraction of sp³-hybridized carbons (Fsp3) is 0.429. The maximum absolute atomic E-state index is 5.64. The molecule has 0 aliphatic heterocycles. The average Bonchev–Trinajstić information content (AvgIpc) is 3.06. The number of H-pyrrole nitrogens is 1. The molecular weight excluding hydrogens is 310 g/mol. The molecule has 1 aliphatic rings. The number of rotatable bonds is 3. The fourth-order valence-electron chi connectivity index (χ4n) is 3.97. The van der Waals surface area contributed by atoms with E-state index in [0.29, 0.717) is 5.92 Å². The van der Waals surface area contributed by atoms with Gasteiger partial charge in [0.1, 0.15) is 22.5 Å². The lowest BCUT2D eigenvalue weighted by Crippen LogP contribution is -2.06. The standard InChI is InChI=1S/C21H25N3O/c1-13-8-7-11-16(14(13)2)20-18(25-3)12-17-21(22-20)19(24-23-17)15-9-5-4-6-10-15/h7-8,11-12,15H,4-6,9-10H2,1-3H3,(H,23,24). The lowest BCUT2D eigenvalue weighted by molar-refractivity contribution is 0.415. The van der Waals surface area contributed by atoms with Crippen LogP contribution in [0.2, 0.25) is 0 Å². The minimum Gasteiger partial charge on any atom is -0.494 e. The van der Waals surface area contributed by atoms with Crippen molar-refractivity contribution in [2.24, 2.45) is 0 Å². The second-order valence-corrected chi connectivity index (χ2v) is 7.13. The van der Waals surface area contributed by atoms with Crippen LogP contribution in [0.15, 0.2) is 24.3 Å². The Bertz CT molecular complexity index is 907. The van der Waals surface area contributed by atoms with E-state index in [0.717, 1.165) is 28.0 Å². The molecule has 3 aromatic rings. The lowest BCUT2D eigenvalue weighted by atomic mass is 9.86. The summed E-state index contributed by atoms with van der Waals surface area (Å²) < 4.78 is 5.64. The Labute approximate surface area is 148 Å². The summed E-state index contributed by atoms with van der Waals surface area (Å²) in [7, 11) is 1.70. The van der Waals surface area contributed by atoms with E-state index in [-0.39, 0.29) is 0 Å². The van der Waals surface area contributed by atoms with Gasteiger partial charge in [0, 0.05) is 17.5 Å². The van der Waals surface area contributed by atoms with Crippen LogP contribution in [0.4, 0.5) is 0 Å². The van der Waals surface area contributed by atoms with Crippen LogP contribution >= 0.6 is 0 Å². The molecule has 1 saturated carbocycles. The Morgan fingerprint density at radius 2 is 1.92 bits per heavy atom. The zero-order valence-corrected chi connectivity index (χ0v) is 15.2. The first-order chi connectivity index (χ1) is 12.2. The molecule has 130 valence electrons. The molecule has 0 atom stereocenters. The molecule has 4 rings (SSSR count). The van der Waals surface area contributed by atoms with Crippen LogP contribution in [-0.2, 0) is 0 Å². The van der Waals surface area contributed by atoms with Crippen molar-refractivity contribution in [1.82, 2.24) is 15.2 Å². The maximum atomic E-state index is 5.64. The van der Waals surface area contributed by atoms with Crippen molar-refractivity contribution >= 4 is 11.0 Å². The van der Waals surface area contributed by atoms with Gasteiger partial charge in [-0.15, -0.1) is 0 Å². The van der Waals surface area contributed by atoms with Gasteiger partial charge in [-0.1, -0.05) is 37.5 Å². The molecule has 4 nitrogen and oxygen atoms in total. The Balaban J connectivity index is 1.89. The van der Waals surface area contributed by atoms with Gasteiger partial charge in [0.25, 0.3) is 0 Å². The summed E-state index contributed by atoms with van der Waals surface area (Å²) >= 11 is 0. The van der Waals surface area contributed by atoms with Gasteiger partial charge < -0.3 is 4.74 Å². The molecule has 0 spiro atoms. The monoisotopic (exact) mass is 335 g/mol. The van der Waals surface area contributed by atoms with Crippen LogP contribution in [-0.4, -0.2) is 22.3 Å². The number of nitrogens with one attached hydrogen (secondary N) is 1. The van der Waals surface area contributed by atoms with Crippen molar-refractivity contribution < 1.29 is 4.74 Å². The van der Waals surface area contributed by atoms with E-state index in [9.17, 15) is 0 Å². The zero-order chi connectivity index (χ0) is 17.4. The van der Waals surface area contributed by atoms with E-state index in [2.05, 4.69) is 42.2 Å². The topological polar surface area (TPSA) is 50.8 Å². The van der Waals surface area contributed by atoms with Crippen LogP contribution in [0.3, 0.4) is 0 Å². The largest absolute Gasteiger partial charge is 0.494 e. The molecule has 0 radical (unpaired) electrons. The predicted octanol–water partition coefficient (Wildman–Crippen LogP) is 5.30. The summed E-state index contributed by atoms with van der Waals surface area (Å²) in [4.78, 5) is 5.03. The third-order valence-electron chi connectivity index (χ3n) is 5.61. The molecule has 0 amide bonds. The van der Waals surface area contributed by atoms with E-state index in [1.807, 2.05) is 6.07 Å². The summed E-state index contributed by atoms with van der Waals surface area (Å²) in [6.07, 6.45) is 6.39. The molecule has 1 N–H and O–H groups in total. The number of pyridine rings is 1. The van der Waals surface area contributed by atoms with E-state index in [1.54, 1.807) is 7.11 Å². The van der Waals surface area contributed by atoms with Crippen LogP contribution in [0, 0.1) is 13.8 Å². The number of ether oxygens (including phenoxy) is 1. The van der Waals surface area contributed by atoms with E-state index >= 15 is 0 Å². The highest BCUT2D eigenvalue weighted by Gasteiger charge is 2.23. The summed E-state index contributed by atoms with van der Waals surface area (Å²) in [6, 6.07) is 8.36. The van der Waals surface area contributed by atoms with Gasteiger partial charge in [-0.25, -0.2) is 4.98 Å². The summed E-state index contributed by atoms with van der Waals surface area (Å²) in [5, 5.41) is 7.78. The predicted molar refractivity (Wildman–Crippen MR) is 101 cm³/mol. The minimum atomic E-state index is 0.547. The molecule has 0 bridgehead atoms. The van der Waals surface area contributed by atoms with Crippen molar-refractivity contribution in [1.29, 1.82) is 0 Å².